The van der Waals surface area contributed by atoms with Crippen LogP contribution in [-0.2, 0) is 0 Å². The molecule has 0 saturated heterocycles. The molecule has 0 bridgehead atoms. The van der Waals surface area contributed by atoms with Gasteiger partial charge in [0.25, 0.3) is 0 Å². The molecular formula is C16H11BrN4O. The van der Waals surface area contributed by atoms with Gasteiger partial charge in [-0.3, -0.25) is 4.98 Å². The Hall–Kier alpha value is -2.52. The van der Waals surface area contributed by atoms with Gasteiger partial charge in [-0.2, -0.15) is 4.98 Å². The minimum Gasteiger partial charge on any atom is -0.338 e. The molecule has 0 spiro atoms. The zero-order chi connectivity index (χ0) is 15.4. The van der Waals surface area contributed by atoms with Crippen molar-refractivity contribution in [1.29, 1.82) is 0 Å². The third-order valence-corrected chi connectivity index (χ3v) is 3.17. The molecule has 0 aliphatic rings. The molecule has 3 rings (SSSR count). The number of alkyl halides is 1. The van der Waals surface area contributed by atoms with E-state index in [0.717, 1.165) is 11.3 Å². The first-order valence-electron chi connectivity index (χ1n) is 6.59. The lowest BCUT2D eigenvalue weighted by atomic mass is 10.2. The second kappa shape index (κ2) is 6.50. The Kier molecular flexibility index (Phi) is 4.26. The van der Waals surface area contributed by atoms with Crippen LogP contribution in [0.4, 0.5) is 0 Å². The molecule has 0 saturated carbocycles. The number of halogens is 1. The first kappa shape index (κ1) is 14.4. The van der Waals surface area contributed by atoms with Crippen molar-refractivity contribution in [3.63, 3.8) is 0 Å². The molecule has 0 aromatic carbocycles. The molecule has 0 N–H and O–H groups in total. The summed E-state index contributed by atoms with van der Waals surface area (Å²) in [6, 6.07) is 9.30. The van der Waals surface area contributed by atoms with E-state index in [1.165, 1.54) is 0 Å². The topological polar surface area (TPSA) is 64.7 Å². The molecular weight excluding hydrogens is 344 g/mol. The summed E-state index contributed by atoms with van der Waals surface area (Å²) in [5, 5.41) is 3.91. The highest BCUT2D eigenvalue weighted by atomic mass is 79.9. The van der Waals surface area contributed by atoms with E-state index in [1.807, 2.05) is 37.3 Å². The van der Waals surface area contributed by atoms with Crippen molar-refractivity contribution in [2.24, 2.45) is 0 Å². The average Bonchev–Trinajstić information content (AvgIpc) is 3.05. The normalized spacial score (nSPS) is 11.5. The van der Waals surface area contributed by atoms with Crippen LogP contribution in [0.3, 0.4) is 0 Å². The third kappa shape index (κ3) is 3.38. The summed E-state index contributed by atoms with van der Waals surface area (Å²) in [5.41, 5.74) is 2.17. The van der Waals surface area contributed by atoms with E-state index in [1.54, 1.807) is 12.4 Å². The highest BCUT2D eigenvalue weighted by Gasteiger charge is 2.13. The summed E-state index contributed by atoms with van der Waals surface area (Å²) >= 11 is 3.38. The summed E-state index contributed by atoms with van der Waals surface area (Å²) in [6.07, 6.45) is 3.39. The maximum absolute atomic E-state index is 5.13. The maximum Gasteiger partial charge on any atom is 0.240 e. The van der Waals surface area contributed by atoms with Crippen molar-refractivity contribution in [3.05, 3.63) is 59.9 Å². The Balaban J connectivity index is 1.79. The van der Waals surface area contributed by atoms with Crippen molar-refractivity contribution < 1.29 is 4.52 Å². The summed E-state index contributed by atoms with van der Waals surface area (Å²) in [5.74, 6) is 6.99. The molecule has 1 unspecified atom stereocenters. The summed E-state index contributed by atoms with van der Waals surface area (Å²) in [4.78, 5) is 12.7. The number of nitrogens with zero attached hydrogens (tertiary/aromatic N) is 4. The molecule has 0 fully saturated rings. The highest BCUT2D eigenvalue weighted by Crippen LogP contribution is 2.22. The minimum absolute atomic E-state index is 0.0114. The fourth-order valence-electron chi connectivity index (χ4n) is 1.67. The van der Waals surface area contributed by atoms with Crippen LogP contribution in [0.1, 0.15) is 28.9 Å². The van der Waals surface area contributed by atoms with E-state index >= 15 is 0 Å². The predicted octanol–water partition coefficient (Wildman–Crippen LogP) is 3.38. The minimum atomic E-state index is 0.0114. The van der Waals surface area contributed by atoms with Crippen molar-refractivity contribution in [3.8, 4) is 23.4 Å². The maximum atomic E-state index is 5.13. The van der Waals surface area contributed by atoms with E-state index in [4.69, 9.17) is 4.52 Å². The number of hydrogen-bond donors (Lipinski definition) is 0. The lowest BCUT2D eigenvalue weighted by molar-refractivity contribution is 0.382. The Morgan fingerprint density at radius 2 is 2.05 bits per heavy atom. The van der Waals surface area contributed by atoms with E-state index in [-0.39, 0.29) is 4.83 Å². The molecule has 3 heterocycles. The van der Waals surface area contributed by atoms with Gasteiger partial charge in [0.1, 0.15) is 11.4 Å². The molecule has 0 amide bonds. The number of hydrogen-bond acceptors (Lipinski definition) is 5. The molecule has 1 atom stereocenters. The molecule has 0 aliphatic heterocycles. The molecule has 0 aliphatic carbocycles. The summed E-state index contributed by atoms with van der Waals surface area (Å²) in [6.45, 7) is 1.92. The lowest BCUT2D eigenvalue weighted by Crippen LogP contribution is -1.88. The Labute approximate surface area is 135 Å². The van der Waals surface area contributed by atoms with Gasteiger partial charge in [-0.15, -0.1) is 0 Å². The fraction of sp³-hybridized carbons (Fsp3) is 0.125. The molecule has 108 valence electrons. The molecule has 3 aromatic heterocycles. The standard InChI is InChI=1S/C16H11BrN4O/c1-11(17)16-20-15(21-22-16)14-8-6-12(10-19-14)5-7-13-4-2-3-9-18-13/h2-4,6,8-11H,1H3. The number of aromatic nitrogens is 4. The van der Waals surface area contributed by atoms with Gasteiger partial charge in [0.05, 0.1) is 4.83 Å². The molecule has 6 heteroatoms. The Bertz CT molecular complexity index is 817. The smallest absolute Gasteiger partial charge is 0.240 e. The van der Waals surface area contributed by atoms with Crippen LogP contribution in [0, 0.1) is 11.8 Å². The average molecular weight is 355 g/mol. The van der Waals surface area contributed by atoms with Crippen LogP contribution in [0.2, 0.25) is 0 Å². The van der Waals surface area contributed by atoms with Crippen molar-refractivity contribution >= 4 is 15.9 Å². The van der Waals surface area contributed by atoms with Crippen molar-refractivity contribution in [2.45, 2.75) is 11.8 Å². The summed E-state index contributed by atoms with van der Waals surface area (Å²) < 4.78 is 5.13. The second-order valence-corrected chi connectivity index (χ2v) is 5.84. The molecule has 3 aromatic rings. The first-order chi connectivity index (χ1) is 10.7. The van der Waals surface area contributed by atoms with Gasteiger partial charge in [-0.05, 0) is 37.1 Å². The third-order valence-electron chi connectivity index (χ3n) is 2.77. The van der Waals surface area contributed by atoms with Crippen LogP contribution in [0.25, 0.3) is 11.5 Å². The van der Waals surface area contributed by atoms with Crippen LogP contribution < -0.4 is 0 Å². The van der Waals surface area contributed by atoms with E-state index in [0.29, 0.717) is 17.4 Å². The van der Waals surface area contributed by atoms with Crippen molar-refractivity contribution in [1.82, 2.24) is 20.1 Å². The van der Waals surface area contributed by atoms with Gasteiger partial charge < -0.3 is 4.52 Å². The zero-order valence-corrected chi connectivity index (χ0v) is 13.3. The number of pyridine rings is 2. The van der Waals surface area contributed by atoms with Crippen LogP contribution in [0.5, 0.6) is 0 Å². The molecule has 0 radical (unpaired) electrons. The Morgan fingerprint density at radius 1 is 1.14 bits per heavy atom. The Morgan fingerprint density at radius 3 is 2.68 bits per heavy atom. The van der Waals surface area contributed by atoms with Crippen LogP contribution in [-0.4, -0.2) is 20.1 Å². The SMILES string of the molecule is CC(Br)c1nc(-c2ccc(C#Cc3ccccn3)cn2)no1. The van der Waals surface area contributed by atoms with Crippen LogP contribution >= 0.6 is 15.9 Å². The second-order valence-electron chi connectivity index (χ2n) is 4.47. The lowest BCUT2D eigenvalue weighted by Gasteiger charge is -1.94. The van der Waals surface area contributed by atoms with Gasteiger partial charge in [0, 0.05) is 18.0 Å². The van der Waals surface area contributed by atoms with Crippen molar-refractivity contribution in [2.75, 3.05) is 0 Å². The van der Waals surface area contributed by atoms with Gasteiger partial charge in [0.2, 0.25) is 11.7 Å². The van der Waals surface area contributed by atoms with Gasteiger partial charge in [-0.1, -0.05) is 33.1 Å². The molecule has 22 heavy (non-hydrogen) atoms. The largest absolute Gasteiger partial charge is 0.338 e. The van der Waals surface area contributed by atoms with Gasteiger partial charge >= 0.3 is 0 Å². The fourth-order valence-corrected chi connectivity index (χ4v) is 1.86. The van der Waals surface area contributed by atoms with E-state index < -0.39 is 0 Å². The summed E-state index contributed by atoms with van der Waals surface area (Å²) in [7, 11) is 0. The van der Waals surface area contributed by atoms with Crippen LogP contribution in [0.15, 0.2) is 47.2 Å². The first-order valence-corrected chi connectivity index (χ1v) is 7.51. The monoisotopic (exact) mass is 354 g/mol. The molecule has 5 nitrogen and oxygen atoms in total. The van der Waals surface area contributed by atoms with Gasteiger partial charge in [-0.25, -0.2) is 4.98 Å². The van der Waals surface area contributed by atoms with Gasteiger partial charge in [0.15, 0.2) is 0 Å². The highest BCUT2D eigenvalue weighted by molar-refractivity contribution is 9.09. The van der Waals surface area contributed by atoms with E-state index in [2.05, 4.69) is 47.9 Å². The quantitative estimate of drug-likeness (QED) is 0.521. The number of rotatable bonds is 2. The predicted molar refractivity (Wildman–Crippen MR) is 85.1 cm³/mol. The zero-order valence-electron chi connectivity index (χ0n) is 11.7. The van der Waals surface area contributed by atoms with E-state index in [9.17, 15) is 0 Å².